The molecule has 0 N–H and O–H groups in total. The van der Waals surface area contributed by atoms with Crippen LogP contribution in [0.5, 0.6) is 0 Å². The molecule has 7 heteroatoms. The van der Waals surface area contributed by atoms with Crippen molar-refractivity contribution in [2.24, 2.45) is 5.41 Å². The average molecular weight is 350 g/mol. The summed E-state index contributed by atoms with van der Waals surface area (Å²) in [4.78, 5) is 21.1. The lowest BCUT2D eigenvalue weighted by molar-refractivity contribution is -0.128. The first-order chi connectivity index (χ1) is 11.9. The molecule has 0 spiro atoms. The lowest BCUT2D eigenvalue weighted by Crippen LogP contribution is -2.41. The SMILES string of the molecule is CC(C)(C)CCc1noc(C2CC(=O)N(CCN3CCOCC3)C2)n1. The van der Waals surface area contributed by atoms with E-state index in [9.17, 15) is 4.79 Å². The fraction of sp³-hybridized carbons (Fsp3) is 0.833. The Morgan fingerprint density at radius 1 is 1.20 bits per heavy atom. The molecule has 0 bridgehead atoms. The first-order valence-electron chi connectivity index (χ1n) is 9.31. The summed E-state index contributed by atoms with van der Waals surface area (Å²) in [5, 5.41) is 4.10. The first-order valence-corrected chi connectivity index (χ1v) is 9.31. The minimum atomic E-state index is 0.0353. The van der Waals surface area contributed by atoms with Crippen LogP contribution >= 0.6 is 0 Å². The molecule has 2 aliphatic heterocycles. The zero-order chi connectivity index (χ0) is 17.9. The van der Waals surface area contributed by atoms with Gasteiger partial charge in [-0.05, 0) is 11.8 Å². The fourth-order valence-corrected chi connectivity index (χ4v) is 3.26. The molecule has 2 saturated heterocycles. The van der Waals surface area contributed by atoms with E-state index < -0.39 is 0 Å². The van der Waals surface area contributed by atoms with Crippen LogP contribution in [-0.2, 0) is 16.0 Å². The molecule has 7 nitrogen and oxygen atoms in total. The van der Waals surface area contributed by atoms with Gasteiger partial charge in [-0.2, -0.15) is 4.98 Å². The van der Waals surface area contributed by atoms with Gasteiger partial charge in [0, 0.05) is 45.6 Å². The van der Waals surface area contributed by atoms with Crippen molar-refractivity contribution in [2.45, 2.75) is 46.0 Å². The van der Waals surface area contributed by atoms with Crippen LogP contribution in [0.2, 0.25) is 0 Å². The summed E-state index contributed by atoms with van der Waals surface area (Å²) in [6.45, 7) is 12.4. The topological polar surface area (TPSA) is 71.7 Å². The molecule has 0 saturated carbocycles. The Balaban J connectivity index is 1.49. The summed E-state index contributed by atoms with van der Waals surface area (Å²) in [6, 6.07) is 0. The van der Waals surface area contributed by atoms with Gasteiger partial charge < -0.3 is 14.2 Å². The highest BCUT2D eigenvalue weighted by atomic mass is 16.5. The smallest absolute Gasteiger partial charge is 0.232 e. The molecule has 0 aromatic carbocycles. The van der Waals surface area contributed by atoms with E-state index in [1.54, 1.807) is 0 Å². The lowest BCUT2D eigenvalue weighted by Gasteiger charge is -2.28. The highest BCUT2D eigenvalue weighted by Gasteiger charge is 2.34. The minimum absolute atomic E-state index is 0.0353. The number of amides is 1. The van der Waals surface area contributed by atoms with Crippen LogP contribution in [0.3, 0.4) is 0 Å². The molecular formula is C18H30N4O3. The second-order valence-electron chi connectivity index (χ2n) is 8.30. The van der Waals surface area contributed by atoms with Crippen molar-refractivity contribution in [1.29, 1.82) is 0 Å². The van der Waals surface area contributed by atoms with E-state index in [1.165, 1.54) is 0 Å². The zero-order valence-corrected chi connectivity index (χ0v) is 15.7. The van der Waals surface area contributed by atoms with Crippen LogP contribution in [0.15, 0.2) is 4.52 Å². The van der Waals surface area contributed by atoms with Gasteiger partial charge in [-0.15, -0.1) is 0 Å². The third kappa shape index (κ3) is 5.25. The molecule has 1 atom stereocenters. The van der Waals surface area contributed by atoms with Crippen LogP contribution in [0, 0.1) is 5.41 Å². The van der Waals surface area contributed by atoms with E-state index in [0.717, 1.165) is 58.1 Å². The molecule has 0 aliphatic carbocycles. The summed E-state index contributed by atoms with van der Waals surface area (Å²) in [5.41, 5.74) is 0.250. The highest BCUT2D eigenvalue weighted by molar-refractivity contribution is 5.79. The van der Waals surface area contributed by atoms with Crippen molar-refractivity contribution < 1.29 is 14.1 Å². The number of carbonyl (C=O) groups is 1. The predicted molar refractivity (Wildman–Crippen MR) is 93.3 cm³/mol. The molecule has 1 aromatic rings. The number of aryl methyl sites for hydroxylation is 1. The van der Waals surface area contributed by atoms with Crippen molar-refractivity contribution in [1.82, 2.24) is 19.9 Å². The summed E-state index contributed by atoms with van der Waals surface area (Å²) >= 11 is 0. The lowest BCUT2D eigenvalue weighted by atomic mass is 9.90. The highest BCUT2D eigenvalue weighted by Crippen LogP contribution is 2.27. The van der Waals surface area contributed by atoms with E-state index in [2.05, 4.69) is 35.8 Å². The molecular weight excluding hydrogens is 320 g/mol. The summed E-state index contributed by atoms with van der Waals surface area (Å²) in [6.07, 6.45) is 2.31. The number of likely N-dealkylation sites (tertiary alicyclic amines) is 1. The Morgan fingerprint density at radius 2 is 1.96 bits per heavy atom. The van der Waals surface area contributed by atoms with Gasteiger partial charge in [0.2, 0.25) is 11.8 Å². The molecule has 3 heterocycles. The van der Waals surface area contributed by atoms with E-state index in [1.807, 2.05) is 4.90 Å². The number of ether oxygens (including phenoxy) is 1. The van der Waals surface area contributed by atoms with Crippen LogP contribution < -0.4 is 0 Å². The van der Waals surface area contributed by atoms with Crippen LogP contribution in [0.25, 0.3) is 0 Å². The van der Waals surface area contributed by atoms with Crippen LogP contribution in [0.1, 0.15) is 51.2 Å². The largest absolute Gasteiger partial charge is 0.379 e. The van der Waals surface area contributed by atoms with Gasteiger partial charge in [0.15, 0.2) is 5.82 Å². The Bertz CT molecular complexity index is 575. The Labute approximate surface area is 149 Å². The first kappa shape index (κ1) is 18.3. The molecule has 140 valence electrons. The van der Waals surface area contributed by atoms with E-state index in [-0.39, 0.29) is 17.2 Å². The quantitative estimate of drug-likeness (QED) is 0.778. The summed E-state index contributed by atoms with van der Waals surface area (Å²) in [7, 11) is 0. The van der Waals surface area contributed by atoms with Gasteiger partial charge in [0.1, 0.15) is 0 Å². The maximum atomic E-state index is 12.3. The number of hydrogen-bond acceptors (Lipinski definition) is 6. The van der Waals surface area contributed by atoms with Crippen LogP contribution in [0.4, 0.5) is 0 Å². The van der Waals surface area contributed by atoms with Gasteiger partial charge in [0.05, 0.1) is 19.1 Å². The predicted octanol–water partition coefficient (Wildman–Crippen LogP) is 1.70. The molecule has 2 aliphatic rings. The molecule has 3 rings (SSSR count). The van der Waals surface area contributed by atoms with E-state index >= 15 is 0 Å². The maximum Gasteiger partial charge on any atom is 0.232 e. The van der Waals surface area contributed by atoms with E-state index in [4.69, 9.17) is 9.26 Å². The second-order valence-corrected chi connectivity index (χ2v) is 8.30. The molecule has 0 radical (unpaired) electrons. The van der Waals surface area contributed by atoms with Gasteiger partial charge in [-0.3, -0.25) is 9.69 Å². The fourth-order valence-electron chi connectivity index (χ4n) is 3.26. The maximum absolute atomic E-state index is 12.3. The number of rotatable bonds is 6. The average Bonchev–Trinajstić information content (AvgIpc) is 3.18. The summed E-state index contributed by atoms with van der Waals surface area (Å²) in [5.74, 6) is 1.59. The number of morpholine rings is 1. The number of carbonyl (C=O) groups excluding carboxylic acids is 1. The third-order valence-electron chi connectivity index (χ3n) is 4.94. The van der Waals surface area contributed by atoms with Crippen molar-refractivity contribution in [3.8, 4) is 0 Å². The minimum Gasteiger partial charge on any atom is -0.379 e. The van der Waals surface area contributed by atoms with Gasteiger partial charge in [-0.25, -0.2) is 0 Å². The standard InChI is InChI=1S/C18H30N4O3/c1-18(2,3)5-4-15-19-17(25-20-15)14-12-16(23)22(13-14)7-6-21-8-10-24-11-9-21/h14H,4-13H2,1-3H3. The van der Waals surface area contributed by atoms with Gasteiger partial charge in [0.25, 0.3) is 0 Å². The number of aromatic nitrogens is 2. The Morgan fingerprint density at radius 3 is 2.68 bits per heavy atom. The molecule has 1 aromatic heterocycles. The second kappa shape index (κ2) is 7.83. The third-order valence-corrected chi connectivity index (χ3v) is 4.94. The van der Waals surface area contributed by atoms with Gasteiger partial charge >= 0.3 is 0 Å². The van der Waals surface area contributed by atoms with Crippen molar-refractivity contribution in [3.63, 3.8) is 0 Å². The Kier molecular flexibility index (Phi) is 5.74. The molecule has 25 heavy (non-hydrogen) atoms. The molecule has 1 amide bonds. The van der Waals surface area contributed by atoms with Crippen molar-refractivity contribution in [2.75, 3.05) is 45.9 Å². The van der Waals surface area contributed by atoms with Crippen molar-refractivity contribution in [3.05, 3.63) is 11.7 Å². The number of nitrogens with zero attached hydrogens (tertiary/aromatic N) is 4. The molecule has 1 unspecified atom stereocenters. The Hall–Kier alpha value is -1.47. The van der Waals surface area contributed by atoms with Crippen molar-refractivity contribution >= 4 is 5.91 Å². The monoisotopic (exact) mass is 350 g/mol. The zero-order valence-electron chi connectivity index (χ0n) is 15.7. The molecule has 2 fully saturated rings. The number of hydrogen-bond donors (Lipinski definition) is 0. The van der Waals surface area contributed by atoms with Crippen LogP contribution in [-0.4, -0.2) is 71.8 Å². The van der Waals surface area contributed by atoms with E-state index in [0.29, 0.717) is 18.9 Å². The normalized spacial score (nSPS) is 22.8. The summed E-state index contributed by atoms with van der Waals surface area (Å²) < 4.78 is 10.8. The van der Waals surface area contributed by atoms with Gasteiger partial charge in [-0.1, -0.05) is 25.9 Å².